The van der Waals surface area contributed by atoms with E-state index in [4.69, 9.17) is 12.4 Å². The fourth-order valence-electron chi connectivity index (χ4n) is 4.55. The predicted molar refractivity (Wildman–Crippen MR) is 137 cm³/mol. The molecule has 0 saturated heterocycles. The zero-order valence-electron chi connectivity index (χ0n) is 20.4. The molecule has 3 nitrogen and oxygen atoms in total. The van der Waals surface area contributed by atoms with Crippen molar-refractivity contribution in [2.24, 2.45) is 7.05 Å². The van der Waals surface area contributed by atoms with Gasteiger partial charge in [0.25, 0.3) is 0 Å². The Morgan fingerprint density at radius 1 is 1.00 bits per heavy atom. The van der Waals surface area contributed by atoms with Crippen molar-refractivity contribution in [1.29, 1.82) is 0 Å². The van der Waals surface area contributed by atoms with E-state index in [1.807, 2.05) is 6.07 Å². The molecule has 0 aliphatic heterocycles. The summed E-state index contributed by atoms with van der Waals surface area (Å²) in [6, 6.07) is 17.1. The summed E-state index contributed by atoms with van der Waals surface area (Å²) in [6.45, 7) is 18.7. The second-order valence-electron chi connectivity index (χ2n) is 9.67. The number of aromatic nitrogens is 1. The standard InChI is InChI=1S/C28H27N2OSi/c1-17-14-23-22-11-9-20(29-3)16-26(22)31-28(23)27(18(17)2)25-12-8-19-15-21(32(5,6)7)10-13-24(19)30(25)4/h8-16H,1-2,4-7H3/q+1/i16D. The molecule has 2 aromatic heterocycles. The van der Waals surface area contributed by atoms with Crippen LogP contribution in [0.5, 0.6) is 0 Å². The summed E-state index contributed by atoms with van der Waals surface area (Å²) in [6.07, 6.45) is 0. The number of rotatable bonds is 2. The van der Waals surface area contributed by atoms with Crippen molar-refractivity contribution >= 4 is 51.8 Å². The molecule has 4 heteroatoms. The number of hydrogen-bond donors (Lipinski definition) is 0. The molecule has 0 fully saturated rings. The molecular formula is C28H27N2OSi+. The molecule has 0 radical (unpaired) electrons. The zero-order valence-corrected chi connectivity index (χ0v) is 20.4. The van der Waals surface area contributed by atoms with Gasteiger partial charge in [-0.1, -0.05) is 43.0 Å². The number of furan rings is 1. The Balaban J connectivity index is 1.85. The molecular weight excluding hydrogens is 408 g/mol. The van der Waals surface area contributed by atoms with Gasteiger partial charge in [-0.15, -0.1) is 0 Å². The van der Waals surface area contributed by atoms with E-state index in [9.17, 15) is 0 Å². The maximum absolute atomic E-state index is 8.47. The molecule has 3 aromatic carbocycles. The van der Waals surface area contributed by atoms with Crippen molar-refractivity contribution in [2.75, 3.05) is 0 Å². The van der Waals surface area contributed by atoms with Gasteiger partial charge in [0.05, 0.1) is 21.6 Å². The van der Waals surface area contributed by atoms with Crippen LogP contribution in [0, 0.1) is 20.4 Å². The van der Waals surface area contributed by atoms with E-state index >= 15 is 0 Å². The van der Waals surface area contributed by atoms with Crippen molar-refractivity contribution < 1.29 is 10.4 Å². The Labute approximate surface area is 191 Å². The van der Waals surface area contributed by atoms with Crippen LogP contribution in [0.15, 0.2) is 59.0 Å². The number of aryl methyl sites for hydroxylation is 2. The zero-order chi connectivity index (χ0) is 23.7. The lowest BCUT2D eigenvalue weighted by molar-refractivity contribution is -0.633. The molecule has 0 amide bonds. The molecule has 0 saturated carbocycles. The van der Waals surface area contributed by atoms with Gasteiger partial charge in [-0.05, 0) is 49.2 Å². The molecule has 2 heterocycles. The summed E-state index contributed by atoms with van der Waals surface area (Å²) in [4.78, 5) is 3.48. The van der Waals surface area contributed by atoms with E-state index < -0.39 is 8.07 Å². The average molecular weight is 437 g/mol. The molecule has 0 unspecified atom stereocenters. The average Bonchev–Trinajstić information content (AvgIpc) is 3.14. The van der Waals surface area contributed by atoms with Gasteiger partial charge in [0.1, 0.15) is 18.2 Å². The van der Waals surface area contributed by atoms with Gasteiger partial charge in [0.2, 0.25) is 11.2 Å². The highest BCUT2D eigenvalue weighted by molar-refractivity contribution is 6.88. The largest absolute Gasteiger partial charge is 0.456 e. The fraction of sp³-hybridized carbons (Fsp3) is 0.214. The highest BCUT2D eigenvalue weighted by Gasteiger charge is 2.24. The molecule has 32 heavy (non-hydrogen) atoms. The summed E-state index contributed by atoms with van der Waals surface area (Å²) in [5, 5.41) is 4.56. The van der Waals surface area contributed by atoms with E-state index in [2.05, 4.69) is 86.3 Å². The Hall–Kier alpha value is -3.42. The van der Waals surface area contributed by atoms with Gasteiger partial charge in [-0.3, -0.25) is 0 Å². The van der Waals surface area contributed by atoms with E-state index in [1.54, 1.807) is 6.07 Å². The lowest BCUT2D eigenvalue weighted by atomic mass is 9.96. The molecule has 0 atom stereocenters. The van der Waals surface area contributed by atoms with Crippen molar-refractivity contribution in [2.45, 2.75) is 33.5 Å². The van der Waals surface area contributed by atoms with Crippen LogP contribution in [0.1, 0.15) is 12.5 Å². The first kappa shape index (κ1) is 19.3. The number of nitrogens with zero attached hydrogens (tertiary/aromatic N) is 2. The summed E-state index contributed by atoms with van der Waals surface area (Å²) < 4.78 is 17.0. The normalized spacial score (nSPS) is 12.5. The van der Waals surface area contributed by atoms with Crippen molar-refractivity contribution in [3.8, 4) is 11.3 Å². The van der Waals surface area contributed by atoms with Gasteiger partial charge in [0, 0.05) is 28.3 Å². The first-order chi connectivity index (χ1) is 15.6. The number of pyridine rings is 1. The maximum atomic E-state index is 8.47. The van der Waals surface area contributed by atoms with Gasteiger partial charge in [0.15, 0.2) is 5.69 Å². The van der Waals surface area contributed by atoms with Crippen LogP contribution < -0.4 is 9.75 Å². The minimum Gasteiger partial charge on any atom is -0.456 e. The highest BCUT2D eigenvalue weighted by atomic mass is 28.3. The molecule has 5 aromatic rings. The summed E-state index contributed by atoms with van der Waals surface area (Å²) >= 11 is 0. The predicted octanol–water partition coefficient (Wildman–Crippen LogP) is 6.94. The SMILES string of the molecule is [2H]c1c([N+]#[C-])ccc2c1oc1c(-c3ccc4cc([Si](C)(C)C)ccc4[n+]3C)c(C)c(C)cc12. The molecule has 0 bridgehead atoms. The minimum atomic E-state index is -1.39. The molecule has 158 valence electrons. The Morgan fingerprint density at radius 3 is 2.50 bits per heavy atom. The van der Waals surface area contributed by atoms with E-state index in [0.29, 0.717) is 11.3 Å². The lowest BCUT2D eigenvalue weighted by Crippen LogP contribution is -2.38. The van der Waals surface area contributed by atoms with Gasteiger partial charge in [-0.2, -0.15) is 4.57 Å². The molecule has 0 aliphatic rings. The van der Waals surface area contributed by atoms with Crippen LogP contribution in [-0.4, -0.2) is 8.07 Å². The van der Waals surface area contributed by atoms with E-state index in [-0.39, 0.29) is 6.04 Å². The van der Waals surface area contributed by atoms with Crippen LogP contribution in [0.2, 0.25) is 19.6 Å². The second kappa shape index (κ2) is 7.05. The van der Waals surface area contributed by atoms with Gasteiger partial charge in [-0.25, -0.2) is 4.85 Å². The number of benzene rings is 3. The maximum Gasteiger partial charge on any atom is 0.216 e. The van der Waals surface area contributed by atoms with Gasteiger partial charge < -0.3 is 4.42 Å². The first-order valence-corrected chi connectivity index (χ1v) is 14.4. The van der Waals surface area contributed by atoms with Crippen LogP contribution in [0.25, 0.3) is 48.9 Å². The van der Waals surface area contributed by atoms with E-state index in [0.717, 1.165) is 33.2 Å². The van der Waals surface area contributed by atoms with Crippen molar-refractivity contribution in [3.63, 3.8) is 0 Å². The van der Waals surface area contributed by atoms with Crippen molar-refractivity contribution in [1.82, 2.24) is 0 Å². The quantitative estimate of drug-likeness (QED) is 0.167. The van der Waals surface area contributed by atoms with Crippen LogP contribution in [-0.2, 0) is 7.05 Å². The number of hydrogen-bond acceptors (Lipinski definition) is 1. The smallest absolute Gasteiger partial charge is 0.216 e. The minimum absolute atomic E-state index is 0.154. The highest BCUT2D eigenvalue weighted by Crippen LogP contribution is 2.39. The van der Waals surface area contributed by atoms with Crippen molar-refractivity contribution in [3.05, 3.63) is 77.1 Å². The molecule has 0 N–H and O–H groups in total. The van der Waals surface area contributed by atoms with E-state index in [1.165, 1.54) is 21.7 Å². The third-order valence-corrected chi connectivity index (χ3v) is 8.64. The molecule has 5 rings (SSSR count). The number of fused-ring (bicyclic) bond motifs is 4. The monoisotopic (exact) mass is 436 g/mol. The summed E-state index contributed by atoms with van der Waals surface area (Å²) in [7, 11) is 0.713. The topological polar surface area (TPSA) is 21.4 Å². The summed E-state index contributed by atoms with van der Waals surface area (Å²) in [5.74, 6) is 0. The molecule has 0 spiro atoms. The Bertz CT molecular complexity index is 1650. The second-order valence-corrected chi connectivity index (χ2v) is 14.7. The van der Waals surface area contributed by atoms with Crippen LogP contribution in [0.3, 0.4) is 0 Å². The molecule has 0 aliphatic carbocycles. The third-order valence-electron chi connectivity index (χ3n) is 6.60. The van der Waals surface area contributed by atoms with Crippen LogP contribution in [0.4, 0.5) is 5.69 Å². The third kappa shape index (κ3) is 3.04. The van der Waals surface area contributed by atoms with Gasteiger partial charge >= 0.3 is 0 Å². The Morgan fingerprint density at radius 2 is 1.78 bits per heavy atom. The lowest BCUT2D eigenvalue weighted by Gasteiger charge is -2.17. The Kier molecular flexibility index (Phi) is 4.24. The first-order valence-electron chi connectivity index (χ1n) is 11.4. The summed E-state index contributed by atoms with van der Waals surface area (Å²) in [5.41, 5.74) is 7.20. The van der Waals surface area contributed by atoms with Crippen LogP contribution >= 0.6 is 0 Å². The fourth-order valence-corrected chi connectivity index (χ4v) is 5.72.